The second kappa shape index (κ2) is 8.66. The summed E-state index contributed by atoms with van der Waals surface area (Å²) < 4.78 is 35.3. The maximum atomic E-state index is 12.7. The molecule has 0 spiro atoms. The largest absolute Gasteiger partial charge is 0.455 e. The van der Waals surface area contributed by atoms with Crippen molar-refractivity contribution in [3.8, 4) is 28.8 Å². The third-order valence-electron chi connectivity index (χ3n) is 4.45. The van der Waals surface area contributed by atoms with E-state index in [1.54, 1.807) is 48.3 Å². The van der Waals surface area contributed by atoms with Crippen LogP contribution in [-0.4, -0.2) is 28.4 Å². The molecule has 2 heterocycles. The van der Waals surface area contributed by atoms with Crippen LogP contribution in [0.5, 0.6) is 11.5 Å². The fraction of sp³-hybridized carbons (Fsp3) is 0.0476. The zero-order valence-corrected chi connectivity index (χ0v) is 18.2. The minimum Gasteiger partial charge on any atom is -0.455 e. The van der Waals surface area contributed by atoms with Crippen LogP contribution >= 0.6 is 11.6 Å². The monoisotopic (exact) mass is 466 g/mol. The Hall–Kier alpha value is -3.94. The van der Waals surface area contributed by atoms with Crippen LogP contribution in [0.3, 0.4) is 0 Å². The molecule has 0 radical (unpaired) electrons. The first-order valence-electron chi connectivity index (χ1n) is 9.18. The van der Waals surface area contributed by atoms with Crippen molar-refractivity contribution < 1.29 is 13.2 Å². The van der Waals surface area contributed by atoms with Crippen LogP contribution in [0.15, 0.2) is 71.9 Å². The summed E-state index contributed by atoms with van der Waals surface area (Å²) >= 11 is 6.16. The van der Waals surface area contributed by atoms with Gasteiger partial charge in [-0.15, -0.1) is 5.10 Å². The van der Waals surface area contributed by atoms with Crippen LogP contribution in [0, 0.1) is 11.3 Å². The molecule has 0 saturated carbocycles. The first-order chi connectivity index (χ1) is 15.4. The Balaban J connectivity index is 1.69. The summed E-state index contributed by atoms with van der Waals surface area (Å²) in [5, 5.41) is 21.6. The molecule has 4 aromatic rings. The van der Waals surface area contributed by atoms with E-state index in [-0.39, 0.29) is 22.0 Å². The van der Waals surface area contributed by atoms with Gasteiger partial charge in [0.05, 0.1) is 16.2 Å². The van der Waals surface area contributed by atoms with Gasteiger partial charge in [-0.2, -0.15) is 15.5 Å². The van der Waals surface area contributed by atoms with Crippen LogP contribution in [0.1, 0.15) is 5.56 Å². The highest BCUT2D eigenvalue weighted by molar-refractivity contribution is 7.92. The van der Waals surface area contributed by atoms with E-state index in [0.717, 1.165) is 5.69 Å². The molecule has 160 valence electrons. The second-order valence-electron chi connectivity index (χ2n) is 6.57. The molecule has 0 fully saturated rings. The highest BCUT2D eigenvalue weighted by Gasteiger charge is 2.19. The van der Waals surface area contributed by atoms with Crippen molar-refractivity contribution in [1.82, 2.24) is 20.0 Å². The molecule has 0 unspecified atom stereocenters. The number of rotatable bonds is 6. The predicted octanol–water partition coefficient (Wildman–Crippen LogP) is 4.00. The van der Waals surface area contributed by atoms with E-state index < -0.39 is 10.0 Å². The molecular formula is C21H15ClN6O3S. The fourth-order valence-corrected chi connectivity index (χ4v) is 4.15. The average molecular weight is 467 g/mol. The quantitative estimate of drug-likeness (QED) is 0.455. The summed E-state index contributed by atoms with van der Waals surface area (Å²) in [6.07, 6.45) is 3.07. The van der Waals surface area contributed by atoms with Crippen molar-refractivity contribution in [2.75, 3.05) is 4.72 Å². The second-order valence-corrected chi connectivity index (χ2v) is 8.69. The molecule has 0 bridgehead atoms. The molecule has 11 heteroatoms. The van der Waals surface area contributed by atoms with Crippen molar-refractivity contribution in [2.24, 2.45) is 7.05 Å². The van der Waals surface area contributed by atoms with Gasteiger partial charge in [0.2, 0.25) is 0 Å². The number of halogens is 1. The van der Waals surface area contributed by atoms with E-state index in [1.165, 1.54) is 30.5 Å². The van der Waals surface area contributed by atoms with Gasteiger partial charge < -0.3 is 4.74 Å². The molecule has 2 aromatic carbocycles. The number of nitrogens with zero attached hydrogens (tertiary/aromatic N) is 5. The molecule has 0 saturated heterocycles. The summed E-state index contributed by atoms with van der Waals surface area (Å²) in [5.74, 6) is 0.688. The molecule has 0 aliphatic carbocycles. The topological polar surface area (TPSA) is 123 Å². The fourth-order valence-electron chi connectivity index (χ4n) is 2.95. The van der Waals surface area contributed by atoms with Gasteiger partial charge in [0, 0.05) is 30.0 Å². The van der Waals surface area contributed by atoms with Gasteiger partial charge in [0.15, 0.2) is 5.82 Å². The Kier molecular flexibility index (Phi) is 5.77. The van der Waals surface area contributed by atoms with Gasteiger partial charge >= 0.3 is 0 Å². The van der Waals surface area contributed by atoms with Crippen molar-refractivity contribution in [3.63, 3.8) is 0 Å². The molecule has 32 heavy (non-hydrogen) atoms. The molecule has 4 rings (SSSR count). The molecule has 0 aliphatic rings. The Labute approximate surface area is 188 Å². The number of ether oxygens (including phenoxy) is 1. The number of anilines is 1. The number of aryl methyl sites for hydroxylation is 1. The Morgan fingerprint density at radius 3 is 2.59 bits per heavy atom. The lowest BCUT2D eigenvalue weighted by atomic mass is 10.1. The number of aromatic nitrogens is 4. The maximum Gasteiger partial charge on any atom is 0.263 e. The summed E-state index contributed by atoms with van der Waals surface area (Å²) in [4.78, 5) is -0.116. The van der Waals surface area contributed by atoms with Gasteiger partial charge in [0.25, 0.3) is 10.0 Å². The molecular weight excluding hydrogens is 452 g/mol. The molecule has 1 N–H and O–H groups in total. The van der Waals surface area contributed by atoms with E-state index in [9.17, 15) is 13.7 Å². The van der Waals surface area contributed by atoms with Gasteiger partial charge in [0.1, 0.15) is 17.6 Å². The lowest BCUT2D eigenvalue weighted by Crippen LogP contribution is -2.14. The maximum absolute atomic E-state index is 12.7. The smallest absolute Gasteiger partial charge is 0.263 e. The molecule has 0 aliphatic heterocycles. The molecule has 9 nitrogen and oxygen atoms in total. The third-order valence-corrected chi connectivity index (χ3v) is 6.04. The highest BCUT2D eigenvalue weighted by atomic mass is 35.5. The summed E-state index contributed by atoms with van der Waals surface area (Å²) in [5.41, 5.74) is 1.47. The van der Waals surface area contributed by atoms with Crippen molar-refractivity contribution in [2.45, 2.75) is 4.90 Å². The van der Waals surface area contributed by atoms with Gasteiger partial charge in [-0.1, -0.05) is 11.6 Å². The molecule has 0 amide bonds. The van der Waals surface area contributed by atoms with Gasteiger partial charge in [-0.25, -0.2) is 8.42 Å². The third kappa shape index (κ3) is 4.39. The first kappa shape index (κ1) is 21.3. The van der Waals surface area contributed by atoms with Crippen molar-refractivity contribution in [3.05, 3.63) is 77.6 Å². The van der Waals surface area contributed by atoms with Crippen LogP contribution in [0.4, 0.5) is 5.82 Å². The Bertz CT molecular complexity index is 1430. The number of hydrogen-bond acceptors (Lipinski definition) is 7. The minimum atomic E-state index is -3.98. The summed E-state index contributed by atoms with van der Waals surface area (Å²) in [6, 6.07) is 15.9. The number of nitrogens with one attached hydrogen (secondary N) is 1. The van der Waals surface area contributed by atoms with Crippen molar-refractivity contribution in [1.29, 1.82) is 5.26 Å². The van der Waals surface area contributed by atoms with E-state index in [1.807, 2.05) is 6.07 Å². The zero-order chi connectivity index (χ0) is 22.7. The van der Waals surface area contributed by atoms with Crippen LogP contribution in [-0.2, 0) is 17.1 Å². The van der Waals surface area contributed by atoms with E-state index in [0.29, 0.717) is 16.3 Å². The van der Waals surface area contributed by atoms with E-state index in [2.05, 4.69) is 20.0 Å². The standard InChI is InChI=1S/C21H15ClN6O3S/c1-28-18(8-10-25-28)17-12-15(22)4-6-20(17)31-19-7-5-16(11-14(19)13-23)32(29,30)27-21-3-2-9-24-26-21/h2-12H,1H3,(H,26,27). The normalized spacial score (nSPS) is 11.0. The minimum absolute atomic E-state index is 0.0397. The SMILES string of the molecule is Cn1nccc1-c1cc(Cl)ccc1Oc1ccc(S(=O)(=O)Nc2cccnn2)cc1C#N. The Morgan fingerprint density at radius 2 is 1.91 bits per heavy atom. The van der Waals surface area contributed by atoms with Gasteiger partial charge in [-0.3, -0.25) is 9.40 Å². The average Bonchev–Trinajstić information content (AvgIpc) is 3.21. The molecule has 2 aromatic heterocycles. The number of sulfonamides is 1. The van der Waals surface area contributed by atoms with E-state index in [4.69, 9.17) is 16.3 Å². The van der Waals surface area contributed by atoms with Crippen LogP contribution in [0.2, 0.25) is 5.02 Å². The summed E-state index contributed by atoms with van der Waals surface area (Å²) in [7, 11) is -2.20. The number of hydrogen-bond donors (Lipinski definition) is 1. The highest BCUT2D eigenvalue weighted by Crippen LogP contribution is 2.36. The first-order valence-corrected chi connectivity index (χ1v) is 11.0. The predicted molar refractivity (Wildman–Crippen MR) is 118 cm³/mol. The lowest BCUT2D eigenvalue weighted by molar-refractivity contribution is 0.481. The zero-order valence-electron chi connectivity index (χ0n) is 16.6. The lowest BCUT2D eigenvalue weighted by Gasteiger charge is -2.14. The molecule has 0 atom stereocenters. The summed E-state index contributed by atoms with van der Waals surface area (Å²) in [6.45, 7) is 0. The van der Waals surface area contributed by atoms with E-state index >= 15 is 0 Å². The van der Waals surface area contributed by atoms with Gasteiger partial charge in [-0.05, 0) is 54.6 Å². The van der Waals surface area contributed by atoms with Crippen LogP contribution < -0.4 is 9.46 Å². The van der Waals surface area contributed by atoms with Crippen LogP contribution in [0.25, 0.3) is 11.3 Å². The number of benzene rings is 2. The van der Waals surface area contributed by atoms with Crippen molar-refractivity contribution >= 4 is 27.4 Å². The number of nitriles is 1. The Morgan fingerprint density at radius 1 is 1.09 bits per heavy atom.